The molecule has 1 saturated heterocycles. The summed E-state index contributed by atoms with van der Waals surface area (Å²) >= 11 is 0. The molecule has 1 aliphatic rings. The molecule has 1 unspecified atom stereocenters. The number of aryl methyl sites for hydroxylation is 1. The zero-order chi connectivity index (χ0) is 17.4. The number of nitrogens with one attached hydrogen (secondary N) is 2. The molecular formula is C19H33IN4O. The highest BCUT2D eigenvalue weighted by molar-refractivity contribution is 14.0. The molecule has 1 aromatic rings. The van der Waals surface area contributed by atoms with Gasteiger partial charge in [0.1, 0.15) is 11.9 Å². The highest BCUT2D eigenvalue weighted by Crippen LogP contribution is 2.17. The quantitative estimate of drug-likeness (QED) is 0.390. The van der Waals surface area contributed by atoms with E-state index in [-0.39, 0.29) is 30.1 Å². The lowest BCUT2D eigenvalue weighted by molar-refractivity contribution is 0.217. The number of nitrogens with zero attached hydrogens (tertiary/aromatic N) is 2. The van der Waals surface area contributed by atoms with Crippen molar-refractivity contribution in [3.63, 3.8) is 0 Å². The molecule has 2 rings (SSSR count). The highest BCUT2D eigenvalue weighted by atomic mass is 127. The van der Waals surface area contributed by atoms with E-state index in [9.17, 15) is 0 Å². The highest BCUT2D eigenvalue weighted by Gasteiger charge is 2.16. The van der Waals surface area contributed by atoms with Crippen molar-refractivity contribution in [3.8, 4) is 5.75 Å². The van der Waals surface area contributed by atoms with Crippen molar-refractivity contribution < 1.29 is 4.74 Å². The van der Waals surface area contributed by atoms with Crippen molar-refractivity contribution in [2.75, 3.05) is 40.3 Å². The summed E-state index contributed by atoms with van der Waals surface area (Å²) in [6.45, 7) is 8.24. The van der Waals surface area contributed by atoms with Crippen LogP contribution in [-0.4, -0.2) is 57.2 Å². The number of aliphatic imine (C=N–C) groups is 1. The first-order valence-electron chi connectivity index (χ1n) is 8.94. The Morgan fingerprint density at radius 3 is 2.60 bits per heavy atom. The van der Waals surface area contributed by atoms with Gasteiger partial charge in [-0.3, -0.25) is 4.99 Å². The molecule has 142 valence electrons. The number of hydrogen-bond acceptors (Lipinski definition) is 3. The predicted molar refractivity (Wildman–Crippen MR) is 116 cm³/mol. The Balaban J connectivity index is 0.00000312. The molecule has 0 radical (unpaired) electrons. The smallest absolute Gasteiger partial charge is 0.191 e. The van der Waals surface area contributed by atoms with Gasteiger partial charge in [-0.05, 0) is 64.4 Å². The predicted octanol–water partition coefficient (Wildman–Crippen LogP) is 2.89. The third-order valence-electron chi connectivity index (χ3n) is 4.60. The molecule has 1 aliphatic heterocycles. The van der Waals surface area contributed by atoms with Crippen LogP contribution in [-0.2, 0) is 0 Å². The van der Waals surface area contributed by atoms with Crippen molar-refractivity contribution in [2.24, 2.45) is 10.9 Å². The van der Waals surface area contributed by atoms with Crippen LogP contribution in [0.15, 0.2) is 29.3 Å². The first kappa shape index (κ1) is 22.0. The maximum atomic E-state index is 6.00. The Kier molecular flexibility index (Phi) is 10.2. The van der Waals surface area contributed by atoms with Crippen LogP contribution in [0.5, 0.6) is 5.75 Å². The van der Waals surface area contributed by atoms with Gasteiger partial charge in [0.25, 0.3) is 0 Å². The Labute approximate surface area is 169 Å². The molecule has 0 saturated carbocycles. The number of halogens is 1. The molecule has 1 fully saturated rings. The van der Waals surface area contributed by atoms with E-state index < -0.39 is 0 Å². The molecule has 2 N–H and O–H groups in total. The second-order valence-corrected chi connectivity index (χ2v) is 6.77. The maximum Gasteiger partial charge on any atom is 0.191 e. The van der Waals surface area contributed by atoms with E-state index in [0.29, 0.717) is 0 Å². The average Bonchev–Trinajstić information content (AvgIpc) is 2.58. The van der Waals surface area contributed by atoms with Crippen LogP contribution in [0.4, 0.5) is 0 Å². The molecule has 25 heavy (non-hydrogen) atoms. The van der Waals surface area contributed by atoms with Crippen molar-refractivity contribution in [1.29, 1.82) is 0 Å². The normalized spacial score (nSPS) is 17.5. The lowest BCUT2D eigenvalue weighted by Crippen LogP contribution is -2.44. The third-order valence-corrected chi connectivity index (χ3v) is 4.60. The first-order valence-corrected chi connectivity index (χ1v) is 8.94. The topological polar surface area (TPSA) is 48.9 Å². The maximum absolute atomic E-state index is 6.00. The summed E-state index contributed by atoms with van der Waals surface area (Å²) in [6, 6.07) is 8.11. The summed E-state index contributed by atoms with van der Waals surface area (Å²) in [5, 5.41) is 6.81. The minimum absolute atomic E-state index is 0. The van der Waals surface area contributed by atoms with E-state index in [2.05, 4.69) is 47.5 Å². The Bertz CT molecular complexity index is 530. The van der Waals surface area contributed by atoms with E-state index >= 15 is 0 Å². The van der Waals surface area contributed by atoms with Crippen LogP contribution in [0.3, 0.4) is 0 Å². The number of para-hydroxylation sites is 1. The Morgan fingerprint density at radius 2 is 1.96 bits per heavy atom. The van der Waals surface area contributed by atoms with Crippen LogP contribution in [0.1, 0.15) is 25.3 Å². The SMILES string of the molecule is CN=C(NCC1CCN(C)CC1)NCC(C)Oc1ccccc1C.I. The zero-order valence-electron chi connectivity index (χ0n) is 15.9. The monoisotopic (exact) mass is 460 g/mol. The lowest BCUT2D eigenvalue weighted by Gasteiger charge is -2.29. The van der Waals surface area contributed by atoms with Gasteiger partial charge in [0.2, 0.25) is 0 Å². The molecule has 1 heterocycles. The summed E-state index contributed by atoms with van der Waals surface area (Å²) in [7, 11) is 4.01. The zero-order valence-corrected chi connectivity index (χ0v) is 18.2. The number of benzene rings is 1. The van der Waals surface area contributed by atoms with Crippen molar-refractivity contribution in [3.05, 3.63) is 29.8 Å². The summed E-state index contributed by atoms with van der Waals surface area (Å²) in [5.74, 6) is 2.54. The third kappa shape index (κ3) is 7.81. The van der Waals surface area contributed by atoms with E-state index in [0.717, 1.165) is 36.3 Å². The fraction of sp³-hybridized carbons (Fsp3) is 0.632. The molecule has 1 atom stereocenters. The van der Waals surface area contributed by atoms with Crippen LogP contribution < -0.4 is 15.4 Å². The summed E-state index contributed by atoms with van der Waals surface area (Å²) < 4.78 is 6.00. The standard InChI is InChI=1S/C19H32N4O.HI/c1-15-7-5-6-8-18(15)24-16(2)13-21-19(20-3)22-14-17-9-11-23(4)12-10-17;/h5-8,16-17H,9-14H2,1-4H3,(H2,20,21,22);1H. The minimum Gasteiger partial charge on any atom is -0.489 e. The summed E-state index contributed by atoms with van der Waals surface area (Å²) in [5.41, 5.74) is 1.16. The van der Waals surface area contributed by atoms with Crippen LogP contribution in [0, 0.1) is 12.8 Å². The minimum atomic E-state index is 0. The molecule has 0 aliphatic carbocycles. The van der Waals surface area contributed by atoms with Crippen LogP contribution >= 0.6 is 24.0 Å². The first-order chi connectivity index (χ1) is 11.6. The average molecular weight is 460 g/mol. The van der Waals surface area contributed by atoms with E-state index in [1.54, 1.807) is 0 Å². The van der Waals surface area contributed by atoms with Crippen molar-refractivity contribution >= 4 is 29.9 Å². The molecule has 0 aromatic heterocycles. The van der Waals surface area contributed by atoms with E-state index in [1.807, 2.05) is 25.2 Å². The molecule has 0 bridgehead atoms. The number of guanidine groups is 1. The van der Waals surface area contributed by atoms with Gasteiger partial charge < -0.3 is 20.3 Å². The second kappa shape index (κ2) is 11.6. The van der Waals surface area contributed by atoms with Gasteiger partial charge in [-0.15, -0.1) is 24.0 Å². The lowest BCUT2D eigenvalue weighted by atomic mass is 9.97. The number of rotatable bonds is 6. The fourth-order valence-electron chi connectivity index (χ4n) is 2.92. The Hall–Kier alpha value is -1.02. The van der Waals surface area contributed by atoms with Gasteiger partial charge in [0, 0.05) is 13.6 Å². The van der Waals surface area contributed by atoms with Crippen molar-refractivity contribution in [1.82, 2.24) is 15.5 Å². The Morgan fingerprint density at radius 1 is 1.28 bits per heavy atom. The number of likely N-dealkylation sites (tertiary alicyclic amines) is 1. The molecule has 1 aromatic carbocycles. The molecule has 0 spiro atoms. The second-order valence-electron chi connectivity index (χ2n) is 6.77. The van der Waals surface area contributed by atoms with Crippen LogP contribution in [0.2, 0.25) is 0 Å². The summed E-state index contributed by atoms with van der Waals surface area (Å²) in [4.78, 5) is 6.71. The van der Waals surface area contributed by atoms with Gasteiger partial charge in [-0.25, -0.2) is 0 Å². The number of hydrogen-bond donors (Lipinski definition) is 2. The van der Waals surface area contributed by atoms with Crippen LogP contribution in [0.25, 0.3) is 0 Å². The van der Waals surface area contributed by atoms with E-state index in [1.165, 1.54) is 25.9 Å². The van der Waals surface area contributed by atoms with E-state index in [4.69, 9.17) is 4.74 Å². The summed E-state index contributed by atoms with van der Waals surface area (Å²) in [6.07, 6.45) is 2.59. The largest absolute Gasteiger partial charge is 0.489 e. The molecule has 5 nitrogen and oxygen atoms in total. The fourth-order valence-corrected chi connectivity index (χ4v) is 2.92. The molecule has 0 amide bonds. The van der Waals surface area contributed by atoms with Gasteiger partial charge in [-0.1, -0.05) is 18.2 Å². The number of ether oxygens (including phenoxy) is 1. The molecule has 6 heteroatoms. The van der Waals surface area contributed by atoms with Gasteiger partial charge in [0.05, 0.1) is 6.54 Å². The van der Waals surface area contributed by atoms with Gasteiger partial charge in [-0.2, -0.15) is 0 Å². The molecular weight excluding hydrogens is 427 g/mol. The van der Waals surface area contributed by atoms with Crippen molar-refractivity contribution in [2.45, 2.75) is 32.8 Å². The number of piperidine rings is 1. The van der Waals surface area contributed by atoms with Gasteiger partial charge in [0.15, 0.2) is 5.96 Å². The van der Waals surface area contributed by atoms with Gasteiger partial charge >= 0.3 is 0 Å².